The minimum atomic E-state index is -0.935. The lowest BCUT2D eigenvalue weighted by atomic mass is 9.80. The highest BCUT2D eigenvalue weighted by Gasteiger charge is 2.37. The third-order valence-electron chi connectivity index (χ3n) is 5.20. The zero-order valence-corrected chi connectivity index (χ0v) is 16.4. The maximum Gasteiger partial charge on any atom is 0.335 e. The Balaban J connectivity index is 1.81. The molecule has 148 valence electrons. The van der Waals surface area contributed by atoms with Crippen LogP contribution in [0.25, 0.3) is 0 Å². The van der Waals surface area contributed by atoms with Crippen molar-refractivity contribution in [2.45, 2.75) is 12.2 Å². The fourth-order valence-corrected chi connectivity index (χ4v) is 3.70. The summed E-state index contributed by atoms with van der Waals surface area (Å²) in [6.45, 7) is 0.332. The van der Waals surface area contributed by atoms with Gasteiger partial charge in [-0.15, -0.1) is 0 Å². The van der Waals surface area contributed by atoms with Crippen molar-refractivity contribution in [3.05, 3.63) is 143 Å². The van der Waals surface area contributed by atoms with Crippen molar-refractivity contribution in [2.75, 3.05) is 0 Å². The Kier molecular flexibility index (Phi) is 5.73. The number of hydrogen-bond donors (Lipinski definition) is 1. The highest BCUT2D eigenvalue weighted by molar-refractivity contribution is 5.87. The summed E-state index contributed by atoms with van der Waals surface area (Å²) < 4.78 is 6.73. The third kappa shape index (κ3) is 3.88. The minimum absolute atomic E-state index is 0.263. The van der Waals surface area contributed by atoms with Crippen LogP contribution in [0.3, 0.4) is 0 Å². The Hall–Kier alpha value is -3.69. The average molecular weight is 394 g/mol. The number of carbonyl (C=O) groups is 1. The van der Waals surface area contributed by atoms with Crippen LogP contribution in [0.4, 0.5) is 0 Å². The molecule has 0 aromatic heterocycles. The first kappa shape index (κ1) is 19.6. The van der Waals surface area contributed by atoms with Crippen molar-refractivity contribution < 1.29 is 14.6 Å². The van der Waals surface area contributed by atoms with Crippen LogP contribution in [0.15, 0.2) is 115 Å². The Morgan fingerprint density at radius 2 is 1.03 bits per heavy atom. The highest BCUT2D eigenvalue weighted by Crippen LogP contribution is 2.41. The Morgan fingerprint density at radius 3 is 1.40 bits per heavy atom. The summed E-state index contributed by atoms with van der Waals surface area (Å²) in [5.41, 5.74) is 3.47. The first-order valence-corrected chi connectivity index (χ1v) is 9.83. The van der Waals surface area contributed by atoms with E-state index in [1.54, 1.807) is 24.3 Å². The lowest BCUT2D eigenvalue weighted by Gasteiger charge is -2.36. The molecule has 0 bridgehead atoms. The van der Waals surface area contributed by atoms with Crippen LogP contribution in [0, 0.1) is 0 Å². The first-order valence-electron chi connectivity index (χ1n) is 9.83. The van der Waals surface area contributed by atoms with Crippen LogP contribution in [-0.2, 0) is 16.9 Å². The molecule has 3 nitrogen and oxygen atoms in total. The third-order valence-corrected chi connectivity index (χ3v) is 5.20. The van der Waals surface area contributed by atoms with Gasteiger partial charge in [0.15, 0.2) is 0 Å². The van der Waals surface area contributed by atoms with Crippen molar-refractivity contribution in [3.8, 4) is 0 Å². The van der Waals surface area contributed by atoms with Gasteiger partial charge in [0.1, 0.15) is 5.60 Å². The van der Waals surface area contributed by atoms with E-state index >= 15 is 0 Å². The molecule has 0 heterocycles. The van der Waals surface area contributed by atoms with E-state index in [4.69, 9.17) is 9.84 Å². The van der Waals surface area contributed by atoms with E-state index in [0.29, 0.717) is 6.61 Å². The summed E-state index contributed by atoms with van der Waals surface area (Å²) in [4.78, 5) is 11.2. The first-order chi connectivity index (χ1) is 14.7. The molecule has 0 fully saturated rings. The summed E-state index contributed by atoms with van der Waals surface area (Å²) in [6, 6.07) is 37.4. The number of hydrogen-bond acceptors (Lipinski definition) is 2. The van der Waals surface area contributed by atoms with Crippen molar-refractivity contribution in [3.63, 3.8) is 0 Å². The second-order valence-corrected chi connectivity index (χ2v) is 7.07. The monoisotopic (exact) mass is 394 g/mol. The molecule has 0 aliphatic rings. The molecule has 0 unspecified atom stereocenters. The van der Waals surface area contributed by atoms with Crippen LogP contribution in [0.5, 0.6) is 0 Å². The van der Waals surface area contributed by atoms with E-state index < -0.39 is 11.6 Å². The molecule has 1 N–H and O–H groups in total. The zero-order chi connectivity index (χ0) is 20.8. The van der Waals surface area contributed by atoms with Crippen LogP contribution >= 0.6 is 0 Å². The molecular formula is C27H22O3. The minimum Gasteiger partial charge on any atom is -0.478 e. The predicted molar refractivity (Wildman–Crippen MR) is 117 cm³/mol. The fourth-order valence-electron chi connectivity index (χ4n) is 3.70. The quantitative estimate of drug-likeness (QED) is 0.397. The Morgan fingerprint density at radius 1 is 0.633 bits per heavy atom. The van der Waals surface area contributed by atoms with Gasteiger partial charge in [-0.1, -0.05) is 103 Å². The Bertz CT molecular complexity index is 993. The number of rotatable bonds is 7. The number of carboxylic acid groups (broad SMARTS) is 1. The average Bonchev–Trinajstić information content (AvgIpc) is 2.82. The van der Waals surface area contributed by atoms with Gasteiger partial charge in [-0.3, -0.25) is 0 Å². The number of aromatic carboxylic acids is 1. The molecule has 0 amide bonds. The zero-order valence-electron chi connectivity index (χ0n) is 16.4. The molecule has 4 aromatic carbocycles. The Labute approximate surface area is 176 Å². The number of carboxylic acids is 1. The normalized spacial score (nSPS) is 11.2. The summed E-state index contributed by atoms with van der Waals surface area (Å²) in [5, 5.41) is 9.15. The molecule has 0 spiro atoms. The van der Waals surface area contributed by atoms with E-state index in [2.05, 4.69) is 36.4 Å². The second kappa shape index (κ2) is 8.76. The second-order valence-electron chi connectivity index (χ2n) is 7.07. The molecule has 30 heavy (non-hydrogen) atoms. The van der Waals surface area contributed by atoms with Gasteiger partial charge in [0.05, 0.1) is 12.2 Å². The summed E-state index contributed by atoms with van der Waals surface area (Å²) >= 11 is 0. The van der Waals surface area contributed by atoms with Gasteiger partial charge in [-0.25, -0.2) is 4.79 Å². The van der Waals surface area contributed by atoms with E-state index in [-0.39, 0.29) is 5.56 Å². The summed E-state index contributed by atoms with van der Waals surface area (Å²) in [5.74, 6) is -0.935. The van der Waals surface area contributed by atoms with E-state index in [1.165, 1.54) is 0 Å². The van der Waals surface area contributed by atoms with E-state index in [9.17, 15) is 4.79 Å². The van der Waals surface area contributed by atoms with Crippen molar-refractivity contribution in [1.82, 2.24) is 0 Å². The van der Waals surface area contributed by atoms with Crippen molar-refractivity contribution >= 4 is 5.97 Å². The topological polar surface area (TPSA) is 46.5 Å². The molecule has 0 radical (unpaired) electrons. The molecule has 0 saturated carbocycles. The van der Waals surface area contributed by atoms with Crippen LogP contribution in [-0.4, -0.2) is 11.1 Å². The molecule has 3 heteroatoms. The van der Waals surface area contributed by atoms with Gasteiger partial charge in [0.2, 0.25) is 0 Å². The molecular weight excluding hydrogens is 372 g/mol. The molecule has 0 aliphatic carbocycles. The van der Waals surface area contributed by atoms with E-state index in [0.717, 1.165) is 22.3 Å². The standard InChI is InChI=1S/C27H22O3/c28-26(29)22-18-16-21(17-19-22)20-30-27(23-10-4-1-5-11-23,24-12-6-2-7-13-24)25-14-8-3-9-15-25/h1-19H,20H2,(H,28,29). The summed E-state index contributed by atoms with van der Waals surface area (Å²) in [7, 11) is 0. The lowest BCUT2D eigenvalue weighted by Crippen LogP contribution is -2.32. The van der Waals surface area contributed by atoms with E-state index in [1.807, 2.05) is 54.6 Å². The van der Waals surface area contributed by atoms with Gasteiger partial charge in [-0.05, 0) is 34.4 Å². The molecule has 0 atom stereocenters. The smallest absolute Gasteiger partial charge is 0.335 e. The predicted octanol–water partition coefficient (Wildman–Crippen LogP) is 5.89. The maximum atomic E-state index is 11.2. The van der Waals surface area contributed by atoms with Crippen LogP contribution < -0.4 is 0 Å². The highest BCUT2D eigenvalue weighted by atomic mass is 16.5. The number of benzene rings is 4. The molecule has 4 aromatic rings. The van der Waals surface area contributed by atoms with Gasteiger partial charge in [0.25, 0.3) is 0 Å². The van der Waals surface area contributed by atoms with Crippen molar-refractivity contribution in [2.24, 2.45) is 0 Å². The lowest BCUT2D eigenvalue weighted by molar-refractivity contribution is 0.000227. The van der Waals surface area contributed by atoms with Crippen LogP contribution in [0.1, 0.15) is 32.6 Å². The summed E-state index contributed by atoms with van der Waals surface area (Å²) in [6.07, 6.45) is 0. The largest absolute Gasteiger partial charge is 0.478 e. The molecule has 0 saturated heterocycles. The van der Waals surface area contributed by atoms with Gasteiger partial charge in [-0.2, -0.15) is 0 Å². The number of ether oxygens (including phenoxy) is 1. The SMILES string of the molecule is O=C(O)c1ccc(COC(c2ccccc2)(c2ccccc2)c2ccccc2)cc1. The fraction of sp³-hybridized carbons (Fsp3) is 0.0741. The van der Waals surface area contributed by atoms with Gasteiger partial charge in [0, 0.05) is 0 Å². The van der Waals surface area contributed by atoms with Gasteiger partial charge >= 0.3 is 5.97 Å². The molecule has 0 aliphatic heterocycles. The van der Waals surface area contributed by atoms with Crippen molar-refractivity contribution in [1.29, 1.82) is 0 Å². The maximum absolute atomic E-state index is 11.2. The molecule has 4 rings (SSSR count). The van der Waals surface area contributed by atoms with Gasteiger partial charge < -0.3 is 9.84 Å². The van der Waals surface area contributed by atoms with Crippen LogP contribution in [0.2, 0.25) is 0 Å².